The second kappa shape index (κ2) is 6.18. The first kappa shape index (κ1) is 14.6. The molecular weight excluding hydrogens is 330 g/mol. The highest BCUT2D eigenvalue weighted by atomic mass is 79.9. The molecule has 0 unspecified atom stereocenters. The minimum atomic E-state index is 0.421. The van der Waals surface area contributed by atoms with Crippen LogP contribution in [-0.4, -0.2) is 14.8 Å². The monoisotopic (exact) mass is 349 g/mol. The van der Waals surface area contributed by atoms with E-state index in [9.17, 15) is 0 Å². The molecule has 1 aromatic heterocycles. The first-order valence-electron chi connectivity index (χ1n) is 7.48. The third kappa shape index (κ3) is 3.12. The third-order valence-electron chi connectivity index (χ3n) is 3.89. The van der Waals surface area contributed by atoms with Crippen molar-refractivity contribution in [1.82, 2.24) is 14.8 Å². The molecule has 0 spiro atoms. The zero-order valence-electron chi connectivity index (χ0n) is 12.5. The largest absolute Gasteiger partial charge is 0.485 e. The molecule has 0 bridgehead atoms. The predicted octanol–water partition coefficient (Wildman–Crippen LogP) is 4.08. The van der Waals surface area contributed by atoms with E-state index < -0.39 is 0 Å². The van der Waals surface area contributed by atoms with E-state index in [0.717, 1.165) is 34.8 Å². The van der Waals surface area contributed by atoms with Crippen LogP contribution in [0.4, 0.5) is 0 Å². The molecule has 21 heavy (non-hydrogen) atoms. The summed E-state index contributed by atoms with van der Waals surface area (Å²) in [6.45, 7) is 5.84. The van der Waals surface area contributed by atoms with Gasteiger partial charge in [0.15, 0.2) is 5.82 Å². The van der Waals surface area contributed by atoms with Crippen LogP contribution in [0.15, 0.2) is 22.7 Å². The Morgan fingerprint density at radius 1 is 1.29 bits per heavy atom. The second-order valence-electron chi connectivity index (χ2n) is 5.77. The molecule has 4 nitrogen and oxygen atoms in total. The lowest BCUT2D eigenvalue weighted by atomic mass is 10.0. The molecule has 0 aliphatic carbocycles. The molecular formula is C16H20BrN3O. The van der Waals surface area contributed by atoms with E-state index in [4.69, 9.17) is 4.74 Å². The molecule has 0 amide bonds. The van der Waals surface area contributed by atoms with Crippen molar-refractivity contribution in [2.75, 3.05) is 0 Å². The maximum atomic E-state index is 6.02. The number of benzene rings is 1. The maximum Gasteiger partial charge on any atom is 0.171 e. The van der Waals surface area contributed by atoms with Gasteiger partial charge in [0.05, 0.1) is 0 Å². The fourth-order valence-corrected chi connectivity index (χ4v) is 3.10. The summed E-state index contributed by atoms with van der Waals surface area (Å²) in [4.78, 5) is 0. The highest BCUT2D eigenvalue weighted by Crippen LogP contribution is 2.30. The van der Waals surface area contributed by atoms with Crippen molar-refractivity contribution in [3.8, 4) is 5.75 Å². The van der Waals surface area contributed by atoms with Gasteiger partial charge in [-0.1, -0.05) is 29.8 Å². The Balaban J connectivity index is 1.77. The first-order chi connectivity index (χ1) is 10.1. The molecule has 0 radical (unpaired) electrons. The van der Waals surface area contributed by atoms with Crippen molar-refractivity contribution >= 4 is 15.9 Å². The molecule has 1 aliphatic rings. The van der Waals surface area contributed by atoms with Crippen LogP contribution in [0, 0.1) is 0 Å². The summed E-state index contributed by atoms with van der Waals surface area (Å²) in [5.74, 6) is 3.38. The summed E-state index contributed by atoms with van der Waals surface area (Å²) in [6.07, 6.45) is 3.44. The van der Waals surface area contributed by atoms with Crippen LogP contribution < -0.4 is 4.74 Å². The van der Waals surface area contributed by atoms with Gasteiger partial charge in [-0.05, 0) is 42.5 Å². The zero-order chi connectivity index (χ0) is 14.8. The van der Waals surface area contributed by atoms with Gasteiger partial charge in [-0.3, -0.25) is 0 Å². The van der Waals surface area contributed by atoms with E-state index >= 15 is 0 Å². The van der Waals surface area contributed by atoms with Gasteiger partial charge in [-0.25, -0.2) is 0 Å². The van der Waals surface area contributed by atoms with Crippen LogP contribution in [0.3, 0.4) is 0 Å². The molecule has 3 rings (SSSR count). The molecule has 5 heteroatoms. The number of ether oxygens (including phenoxy) is 1. The zero-order valence-corrected chi connectivity index (χ0v) is 14.1. The topological polar surface area (TPSA) is 39.9 Å². The summed E-state index contributed by atoms with van der Waals surface area (Å²) in [6, 6.07) is 6.16. The molecule has 2 aromatic rings. The smallest absolute Gasteiger partial charge is 0.171 e. The minimum absolute atomic E-state index is 0.421. The summed E-state index contributed by atoms with van der Waals surface area (Å²) in [5, 5.41) is 8.55. The van der Waals surface area contributed by atoms with Crippen molar-refractivity contribution in [1.29, 1.82) is 0 Å². The Bertz CT molecular complexity index is 636. The lowest BCUT2D eigenvalue weighted by Crippen LogP contribution is -2.14. The molecule has 0 N–H and O–H groups in total. The molecule has 1 aromatic carbocycles. The van der Waals surface area contributed by atoms with Crippen LogP contribution in [0.25, 0.3) is 0 Å². The Morgan fingerprint density at radius 3 is 2.95 bits per heavy atom. The van der Waals surface area contributed by atoms with Gasteiger partial charge in [0.2, 0.25) is 0 Å². The van der Waals surface area contributed by atoms with Gasteiger partial charge in [0.1, 0.15) is 18.2 Å². The highest BCUT2D eigenvalue weighted by molar-refractivity contribution is 9.10. The van der Waals surface area contributed by atoms with E-state index in [1.165, 1.54) is 18.4 Å². The fraction of sp³-hybridized carbons (Fsp3) is 0.500. The van der Waals surface area contributed by atoms with Crippen LogP contribution in [0.5, 0.6) is 5.75 Å². The van der Waals surface area contributed by atoms with E-state index in [0.29, 0.717) is 12.5 Å². The quantitative estimate of drug-likeness (QED) is 0.834. The fourth-order valence-electron chi connectivity index (χ4n) is 2.72. The number of halogens is 1. The molecule has 0 fully saturated rings. The molecule has 2 heterocycles. The number of fused-ring (bicyclic) bond motifs is 1. The van der Waals surface area contributed by atoms with Crippen LogP contribution >= 0.6 is 15.9 Å². The average Bonchev–Trinajstić information content (AvgIpc) is 2.89. The van der Waals surface area contributed by atoms with Crippen molar-refractivity contribution in [3.63, 3.8) is 0 Å². The standard InChI is InChI=1S/C16H20BrN3O/c1-11(2)13-9-12(17)6-7-14(13)21-10-16-19-18-15-5-3-4-8-20(15)16/h6-7,9,11H,3-5,8,10H2,1-2H3. The number of aryl methyl sites for hydroxylation is 1. The summed E-state index contributed by atoms with van der Waals surface area (Å²) >= 11 is 3.52. The summed E-state index contributed by atoms with van der Waals surface area (Å²) in [7, 11) is 0. The number of aromatic nitrogens is 3. The maximum absolute atomic E-state index is 6.02. The van der Waals surface area contributed by atoms with Gasteiger partial charge in [-0.15, -0.1) is 10.2 Å². The van der Waals surface area contributed by atoms with Gasteiger partial charge in [0.25, 0.3) is 0 Å². The summed E-state index contributed by atoms with van der Waals surface area (Å²) in [5.41, 5.74) is 1.21. The van der Waals surface area contributed by atoms with E-state index in [2.05, 4.69) is 50.6 Å². The molecule has 1 aliphatic heterocycles. The third-order valence-corrected chi connectivity index (χ3v) is 4.38. The molecule has 0 atom stereocenters. The minimum Gasteiger partial charge on any atom is -0.485 e. The Morgan fingerprint density at radius 2 is 2.14 bits per heavy atom. The van der Waals surface area contributed by atoms with Gasteiger partial charge in [0, 0.05) is 17.4 Å². The summed E-state index contributed by atoms with van der Waals surface area (Å²) < 4.78 is 9.31. The number of hydrogen-bond donors (Lipinski definition) is 0. The van der Waals surface area contributed by atoms with Gasteiger partial charge >= 0.3 is 0 Å². The second-order valence-corrected chi connectivity index (χ2v) is 6.68. The SMILES string of the molecule is CC(C)c1cc(Br)ccc1OCc1nnc2n1CCCC2. The van der Waals surface area contributed by atoms with Crippen molar-refractivity contribution in [2.45, 2.75) is 52.2 Å². The van der Waals surface area contributed by atoms with E-state index in [-0.39, 0.29) is 0 Å². The average molecular weight is 350 g/mol. The molecule has 0 saturated carbocycles. The van der Waals surface area contributed by atoms with Crippen molar-refractivity contribution in [3.05, 3.63) is 39.9 Å². The number of rotatable bonds is 4. The lowest BCUT2D eigenvalue weighted by Gasteiger charge is -2.17. The normalized spacial score (nSPS) is 14.3. The van der Waals surface area contributed by atoms with Crippen LogP contribution in [0.1, 0.15) is 49.8 Å². The van der Waals surface area contributed by atoms with Crippen LogP contribution in [0.2, 0.25) is 0 Å². The number of hydrogen-bond acceptors (Lipinski definition) is 3. The Kier molecular flexibility index (Phi) is 4.29. The van der Waals surface area contributed by atoms with Crippen molar-refractivity contribution < 1.29 is 4.74 Å². The molecule has 112 valence electrons. The predicted molar refractivity (Wildman–Crippen MR) is 85.5 cm³/mol. The number of nitrogens with zero attached hydrogens (tertiary/aromatic N) is 3. The Labute approximate surface area is 133 Å². The molecule has 0 saturated heterocycles. The van der Waals surface area contributed by atoms with E-state index in [1.807, 2.05) is 12.1 Å². The highest BCUT2D eigenvalue weighted by Gasteiger charge is 2.16. The Hall–Kier alpha value is -1.36. The van der Waals surface area contributed by atoms with Crippen LogP contribution in [-0.2, 0) is 19.6 Å². The lowest BCUT2D eigenvalue weighted by molar-refractivity contribution is 0.282. The van der Waals surface area contributed by atoms with Gasteiger partial charge < -0.3 is 9.30 Å². The van der Waals surface area contributed by atoms with Gasteiger partial charge in [-0.2, -0.15) is 0 Å². The van der Waals surface area contributed by atoms with E-state index in [1.54, 1.807) is 0 Å². The van der Waals surface area contributed by atoms with Crippen molar-refractivity contribution in [2.24, 2.45) is 0 Å². The first-order valence-corrected chi connectivity index (χ1v) is 8.27.